The van der Waals surface area contributed by atoms with Gasteiger partial charge >= 0.3 is 5.69 Å². The van der Waals surface area contributed by atoms with Gasteiger partial charge in [0.25, 0.3) is 5.69 Å². The maximum absolute atomic E-state index is 11.4. The number of nitrogens with zero attached hydrogens (tertiary/aromatic N) is 4. The van der Waals surface area contributed by atoms with Crippen LogP contribution in [0.25, 0.3) is 10.8 Å². The van der Waals surface area contributed by atoms with Gasteiger partial charge < -0.3 is 15.2 Å². The van der Waals surface area contributed by atoms with E-state index in [1.807, 2.05) is 24.3 Å². The molecule has 2 radical (unpaired) electrons. The van der Waals surface area contributed by atoms with Gasteiger partial charge in [0.15, 0.2) is 5.69 Å². The fourth-order valence-corrected chi connectivity index (χ4v) is 3.36. The van der Waals surface area contributed by atoms with Crippen molar-refractivity contribution in [1.82, 2.24) is 0 Å². The Kier molecular flexibility index (Phi) is 8.82. The number of unbranched alkanes of at least 4 members (excludes halogenated alkanes) is 1. The summed E-state index contributed by atoms with van der Waals surface area (Å²) in [5, 5.41) is 45.4. The number of ether oxygens (including phenoxy) is 1. The molecule has 0 saturated heterocycles. The summed E-state index contributed by atoms with van der Waals surface area (Å²) in [6.07, 6.45) is 1.28. The number of aliphatic hydroxyl groups excluding tert-OH is 1. The Labute approximate surface area is 202 Å². The molecule has 2 N–H and O–H groups in total. The first-order valence-corrected chi connectivity index (χ1v) is 11.0. The Morgan fingerprint density at radius 1 is 1.09 bits per heavy atom. The van der Waals surface area contributed by atoms with Gasteiger partial charge in [0, 0.05) is 35.7 Å². The zero-order valence-corrected chi connectivity index (χ0v) is 19.1. The van der Waals surface area contributed by atoms with Crippen LogP contribution < -0.4 is 10.8 Å². The van der Waals surface area contributed by atoms with Gasteiger partial charge in [-0.25, -0.2) is 0 Å². The van der Waals surface area contributed by atoms with Crippen molar-refractivity contribution < 1.29 is 19.7 Å². The Balaban J connectivity index is 1.86. The number of hydrogen-bond acceptors (Lipinski definition) is 9. The summed E-state index contributed by atoms with van der Waals surface area (Å²) < 4.78 is 5.45. The van der Waals surface area contributed by atoms with Crippen LogP contribution in [0.15, 0.2) is 58.8 Å². The number of rotatable bonds is 12. The van der Waals surface area contributed by atoms with E-state index in [-0.39, 0.29) is 24.3 Å². The van der Waals surface area contributed by atoms with E-state index in [0.717, 1.165) is 36.0 Å². The van der Waals surface area contributed by atoms with E-state index in [1.54, 1.807) is 12.1 Å². The molecule has 0 aromatic heterocycles. The molecule has 0 spiro atoms. The highest BCUT2D eigenvalue weighted by Gasteiger charge is 2.22. The topological polar surface area (TPSA) is 152 Å². The summed E-state index contributed by atoms with van der Waals surface area (Å²) in [5.74, 6) is 0. The van der Waals surface area contributed by atoms with Crippen molar-refractivity contribution in [1.29, 1.82) is 0 Å². The van der Waals surface area contributed by atoms with Crippen LogP contribution in [0, 0.1) is 20.2 Å². The summed E-state index contributed by atoms with van der Waals surface area (Å²) >= 11 is 0. The molecule has 3 aromatic rings. The average Bonchev–Trinajstić information content (AvgIpc) is 2.84. The highest BCUT2D eigenvalue weighted by molar-refractivity contribution is 6.36. The molecule has 0 saturated carbocycles. The molecule has 0 aliphatic heterocycles. The molecular formula is C23H24BN5O6. The van der Waals surface area contributed by atoms with Crippen LogP contribution in [0.4, 0.5) is 28.4 Å². The number of nitrogens with one attached hydrogen (secondary N) is 1. The number of hydrogen-bond donors (Lipinski definition) is 2. The first-order chi connectivity index (χ1) is 16.8. The molecule has 0 fully saturated rings. The van der Waals surface area contributed by atoms with Crippen LogP contribution in [0.3, 0.4) is 0 Å². The summed E-state index contributed by atoms with van der Waals surface area (Å²) in [7, 11) is 5.81. The molecule has 11 nitrogen and oxygen atoms in total. The summed E-state index contributed by atoms with van der Waals surface area (Å²) in [6, 6.07) is 12.6. The average molecular weight is 477 g/mol. The second-order valence-corrected chi connectivity index (χ2v) is 7.76. The summed E-state index contributed by atoms with van der Waals surface area (Å²) in [5.41, 5.74) is -0.440. The first-order valence-electron chi connectivity index (χ1n) is 11.0. The van der Waals surface area contributed by atoms with Crippen LogP contribution in [0.1, 0.15) is 19.8 Å². The molecule has 35 heavy (non-hydrogen) atoms. The first kappa shape index (κ1) is 25.7. The van der Waals surface area contributed by atoms with E-state index in [9.17, 15) is 25.3 Å². The molecular weight excluding hydrogens is 453 g/mol. The lowest BCUT2D eigenvalue weighted by atomic mass is 9.93. The number of aliphatic hydroxyl groups is 1. The lowest BCUT2D eigenvalue weighted by Gasteiger charge is -2.15. The number of azo groups is 1. The van der Waals surface area contributed by atoms with Crippen LogP contribution in [0.5, 0.6) is 0 Å². The zero-order chi connectivity index (χ0) is 25.4. The standard InChI is InChI=1S/C23H24BN5O6/c1-2-3-10-35-14-16(30)13-25-20-8-9-21(18-7-5-4-6-17(18)20)26-27-23-19(24)11-15(28(31)32)12-22(23)29(33)34/h4-9,11-12,16,25,30H,2-3,10,13-14H2,1H3. The van der Waals surface area contributed by atoms with E-state index < -0.39 is 27.3 Å². The van der Waals surface area contributed by atoms with Gasteiger partial charge in [0.1, 0.15) is 7.85 Å². The van der Waals surface area contributed by atoms with Gasteiger partial charge in [0.2, 0.25) is 0 Å². The van der Waals surface area contributed by atoms with Crippen LogP contribution in [0.2, 0.25) is 0 Å². The normalized spacial score (nSPS) is 12.2. The second kappa shape index (κ2) is 12.0. The third-order valence-corrected chi connectivity index (χ3v) is 5.15. The molecule has 12 heteroatoms. The third kappa shape index (κ3) is 6.58. The molecule has 0 aliphatic carbocycles. The van der Waals surface area contributed by atoms with Gasteiger partial charge in [0.05, 0.1) is 34.3 Å². The van der Waals surface area contributed by atoms with Crippen molar-refractivity contribution in [2.75, 3.05) is 25.1 Å². The molecule has 0 bridgehead atoms. The minimum atomic E-state index is -0.792. The van der Waals surface area contributed by atoms with Crippen molar-refractivity contribution in [3.63, 3.8) is 0 Å². The zero-order valence-electron chi connectivity index (χ0n) is 19.1. The highest BCUT2D eigenvalue weighted by Crippen LogP contribution is 2.35. The summed E-state index contributed by atoms with van der Waals surface area (Å²) in [6.45, 7) is 3.18. The molecule has 0 aliphatic rings. The minimum Gasteiger partial charge on any atom is -0.389 e. The number of fused-ring (bicyclic) bond motifs is 1. The number of non-ortho nitro benzene ring substituents is 1. The number of benzene rings is 3. The van der Waals surface area contributed by atoms with Crippen LogP contribution in [-0.2, 0) is 4.74 Å². The van der Waals surface area contributed by atoms with Crippen molar-refractivity contribution >= 4 is 52.5 Å². The predicted octanol–water partition coefficient (Wildman–Crippen LogP) is 4.45. The van der Waals surface area contributed by atoms with Gasteiger partial charge in [-0.05, 0) is 18.6 Å². The SMILES string of the molecule is [B]c1cc([N+](=O)[O-])cc([N+](=O)[O-])c1N=Nc1ccc(NCC(O)COCCCC)c2ccccc12. The molecule has 3 aromatic carbocycles. The van der Waals surface area contributed by atoms with E-state index in [1.165, 1.54) is 0 Å². The maximum atomic E-state index is 11.4. The Morgan fingerprint density at radius 2 is 1.83 bits per heavy atom. The molecule has 180 valence electrons. The Hall–Kier alpha value is -3.90. The summed E-state index contributed by atoms with van der Waals surface area (Å²) in [4.78, 5) is 20.9. The van der Waals surface area contributed by atoms with Crippen molar-refractivity contribution in [2.45, 2.75) is 25.9 Å². The number of nitro groups is 2. The molecule has 0 heterocycles. The highest BCUT2D eigenvalue weighted by atomic mass is 16.6. The Morgan fingerprint density at radius 3 is 2.51 bits per heavy atom. The predicted molar refractivity (Wildman–Crippen MR) is 133 cm³/mol. The largest absolute Gasteiger partial charge is 0.389 e. The monoisotopic (exact) mass is 477 g/mol. The minimum absolute atomic E-state index is 0.229. The van der Waals surface area contributed by atoms with Crippen molar-refractivity contribution in [3.8, 4) is 0 Å². The van der Waals surface area contributed by atoms with Crippen molar-refractivity contribution in [2.24, 2.45) is 10.2 Å². The van der Waals surface area contributed by atoms with E-state index >= 15 is 0 Å². The number of anilines is 1. The fourth-order valence-electron chi connectivity index (χ4n) is 3.36. The van der Waals surface area contributed by atoms with Crippen LogP contribution in [-0.4, -0.2) is 48.7 Å². The third-order valence-electron chi connectivity index (χ3n) is 5.15. The number of nitro benzene ring substituents is 2. The van der Waals surface area contributed by atoms with Gasteiger partial charge in [-0.3, -0.25) is 20.2 Å². The fraction of sp³-hybridized carbons (Fsp3) is 0.304. The van der Waals surface area contributed by atoms with E-state index in [0.29, 0.717) is 17.7 Å². The van der Waals surface area contributed by atoms with E-state index in [4.69, 9.17) is 12.6 Å². The lowest BCUT2D eigenvalue weighted by Crippen LogP contribution is -2.25. The molecule has 1 unspecified atom stereocenters. The van der Waals surface area contributed by atoms with Gasteiger partial charge in [-0.15, -0.1) is 10.2 Å². The second-order valence-electron chi connectivity index (χ2n) is 7.76. The van der Waals surface area contributed by atoms with Gasteiger partial charge in [-0.2, -0.15) is 0 Å². The van der Waals surface area contributed by atoms with Gasteiger partial charge in [-0.1, -0.05) is 43.1 Å². The lowest BCUT2D eigenvalue weighted by molar-refractivity contribution is -0.393. The Bertz CT molecular complexity index is 1250. The molecule has 0 amide bonds. The van der Waals surface area contributed by atoms with E-state index in [2.05, 4.69) is 22.5 Å². The smallest absolute Gasteiger partial charge is 0.302 e. The van der Waals surface area contributed by atoms with Crippen molar-refractivity contribution in [3.05, 3.63) is 68.8 Å². The molecule has 1 atom stereocenters. The quantitative estimate of drug-likeness (QED) is 0.128. The van der Waals surface area contributed by atoms with Crippen LogP contribution >= 0.6 is 0 Å². The maximum Gasteiger partial charge on any atom is 0.302 e. The molecule has 3 rings (SSSR count).